The topological polar surface area (TPSA) is 61.6 Å². The van der Waals surface area contributed by atoms with Crippen molar-refractivity contribution in [2.24, 2.45) is 0 Å². The number of aromatic nitrogens is 2. The molecule has 0 fully saturated rings. The van der Waals surface area contributed by atoms with E-state index in [0.29, 0.717) is 11.6 Å². The van der Waals surface area contributed by atoms with Gasteiger partial charge in [-0.25, -0.2) is 9.97 Å². The van der Waals surface area contributed by atoms with Gasteiger partial charge in [0.15, 0.2) is 0 Å². The molecule has 2 rings (SSSR count). The van der Waals surface area contributed by atoms with Gasteiger partial charge in [0, 0.05) is 11.4 Å². The number of nitrogens with zero attached hydrogens (tertiary/aromatic N) is 3. The maximum atomic E-state index is 8.88. The van der Waals surface area contributed by atoms with E-state index in [4.69, 9.17) is 5.26 Å². The normalized spacial score (nSPS) is 9.89. The lowest BCUT2D eigenvalue weighted by atomic mass is 10.1. The zero-order valence-corrected chi connectivity index (χ0v) is 10.7. The molecule has 4 nitrogen and oxygen atoms in total. The van der Waals surface area contributed by atoms with Crippen molar-refractivity contribution in [2.75, 3.05) is 5.32 Å². The van der Waals surface area contributed by atoms with Crippen LogP contribution in [0.15, 0.2) is 24.3 Å². The summed E-state index contributed by atoms with van der Waals surface area (Å²) in [5.74, 6) is 0.459. The summed E-state index contributed by atoms with van der Waals surface area (Å²) in [6.07, 6.45) is 0. The van der Waals surface area contributed by atoms with Crippen LogP contribution in [-0.4, -0.2) is 9.97 Å². The van der Waals surface area contributed by atoms with Gasteiger partial charge in [-0.3, -0.25) is 0 Å². The van der Waals surface area contributed by atoms with Crippen molar-refractivity contribution in [1.29, 1.82) is 5.26 Å². The molecule has 0 atom stereocenters. The molecule has 1 aromatic heterocycles. The molecule has 0 saturated heterocycles. The van der Waals surface area contributed by atoms with E-state index in [2.05, 4.69) is 21.4 Å². The van der Waals surface area contributed by atoms with Gasteiger partial charge in [-0.05, 0) is 44.0 Å². The number of hydrogen-bond acceptors (Lipinski definition) is 4. The van der Waals surface area contributed by atoms with E-state index in [-0.39, 0.29) is 0 Å². The summed E-state index contributed by atoms with van der Waals surface area (Å²) in [4.78, 5) is 8.41. The van der Waals surface area contributed by atoms with Crippen LogP contribution in [0.1, 0.15) is 22.5 Å². The lowest BCUT2D eigenvalue weighted by molar-refractivity contribution is 1.08. The standard InChI is InChI=1S/C14H14N4/c1-9-4-5-10(2)13(6-9)18-14-16-11(3)7-12(8-15)17-14/h4-7H,1-3H3,(H,16,17,18). The highest BCUT2D eigenvalue weighted by atomic mass is 15.1. The molecule has 90 valence electrons. The Hall–Kier alpha value is -2.41. The van der Waals surface area contributed by atoms with Crippen molar-refractivity contribution < 1.29 is 0 Å². The van der Waals surface area contributed by atoms with Crippen molar-refractivity contribution >= 4 is 11.6 Å². The fraction of sp³-hybridized carbons (Fsp3) is 0.214. The van der Waals surface area contributed by atoms with Crippen LogP contribution in [0.4, 0.5) is 11.6 Å². The van der Waals surface area contributed by atoms with Crippen molar-refractivity contribution in [1.82, 2.24) is 9.97 Å². The monoisotopic (exact) mass is 238 g/mol. The van der Waals surface area contributed by atoms with Crippen molar-refractivity contribution in [2.45, 2.75) is 20.8 Å². The molecule has 0 amide bonds. The minimum Gasteiger partial charge on any atom is -0.324 e. The maximum Gasteiger partial charge on any atom is 0.228 e. The first-order valence-electron chi connectivity index (χ1n) is 5.68. The minimum atomic E-state index is 0.371. The minimum absolute atomic E-state index is 0.371. The van der Waals surface area contributed by atoms with Crippen LogP contribution in [0.5, 0.6) is 0 Å². The number of nitrogens with one attached hydrogen (secondary N) is 1. The molecule has 0 radical (unpaired) electrons. The highest BCUT2D eigenvalue weighted by Gasteiger charge is 2.04. The largest absolute Gasteiger partial charge is 0.324 e. The first-order chi connectivity index (χ1) is 8.58. The molecule has 0 aliphatic carbocycles. The zero-order valence-electron chi connectivity index (χ0n) is 10.7. The second-order valence-electron chi connectivity index (χ2n) is 4.27. The van der Waals surface area contributed by atoms with E-state index < -0.39 is 0 Å². The second kappa shape index (κ2) is 4.84. The van der Waals surface area contributed by atoms with E-state index in [9.17, 15) is 0 Å². The second-order valence-corrected chi connectivity index (χ2v) is 4.27. The Morgan fingerprint density at radius 3 is 2.61 bits per heavy atom. The molecule has 1 aromatic carbocycles. The third-order valence-corrected chi connectivity index (χ3v) is 2.61. The van der Waals surface area contributed by atoms with Crippen LogP contribution in [0.2, 0.25) is 0 Å². The van der Waals surface area contributed by atoms with Crippen LogP contribution in [0, 0.1) is 32.1 Å². The van der Waals surface area contributed by atoms with Gasteiger partial charge < -0.3 is 5.32 Å². The van der Waals surface area contributed by atoms with Crippen molar-refractivity contribution in [3.8, 4) is 6.07 Å². The quantitative estimate of drug-likeness (QED) is 0.873. The number of anilines is 2. The fourth-order valence-electron chi connectivity index (χ4n) is 1.67. The summed E-state index contributed by atoms with van der Waals surface area (Å²) >= 11 is 0. The number of hydrogen-bond donors (Lipinski definition) is 1. The Kier molecular flexibility index (Phi) is 3.24. The summed E-state index contributed by atoms with van der Waals surface area (Å²) < 4.78 is 0. The van der Waals surface area contributed by atoms with Crippen LogP contribution in [0.25, 0.3) is 0 Å². The molecule has 0 unspecified atom stereocenters. The predicted octanol–water partition coefficient (Wildman–Crippen LogP) is 3.02. The molecule has 4 heteroatoms. The third-order valence-electron chi connectivity index (χ3n) is 2.61. The molecule has 1 heterocycles. The number of benzene rings is 1. The summed E-state index contributed by atoms with van der Waals surface area (Å²) in [7, 11) is 0. The van der Waals surface area contributed by atoms with Crippen LogP contribution in [0.3, 0.4) is 0 Å². The van der Waals surface area contributed by atoms with Gasteiger partial charge >= 0.3 is 0 Å². The zero-order chi connectivity index (χ0) is 13.1. The molecule has 2 aromatic rings. The molecule has 0 aliphatic rings. The van der Waals surface area contributed by atoms with Gasteiger partial charge in [0.2, 0.25) is 5.95 Å². The number of nitriles is 1. The molecular formula is C14H14N4. The van der Waals surface area contributed by atoms with Crippen LogP contribution < -0.4 is 5.32 Å². The molecule has 1 N–H and O–H groups in total. The van der Waals surface area contributed by atoms with E-state index in [1.165, 1.54) is 0 Å². The third kappa shape index (κ3) is 2.64. The summed E-state index contributed by atoms with van der Waals surface area (Å²) in [6.45, 7) is 5.89. The van der Waals surface area contributed by atoms with Crippen LogP contribution in [-0.2, 0) is 0 Å². The van der Waals surface area contributed by atoms with Crippen molar-refractivity contribution in [3.05, 3.63) is 46.8 Å². The Morgan fingerprint density at radius 1 is 1.11 bits per heavy atom. The van der Waals surface area contributed by atoms with E-state index in [0.717, 1.165) is 22.5 Å². The average molecular weight is 238 g/mol. The summed E-state index contributed by atoms with van der Waals surface area (Å²) in [5, 5.41) is 12.0. The molecule has 0 saturated carbocycles. The van der Waals surface area contributed by atoms with Gasteiger partial charge in [-0.1, -0.05) is 12.1 Å². The highest BCUT2D eigenvalue weighted by Crippen LogP contribution is 2.19. The van der Waals surface area contributed by atoms with Crippen LogP contribution >= 0.6 is 0 Å². The Labute approximate surface area is 106 Å². The van der Waals surface area contributed by atoms with Gasteiger partial charge in [0.05, 0.1) is 0 Å². The SMILES string of the molecule is Cc1ccc(C)c(Nc2nc(C)cc(C#N)n2)c1. The van der Waals surface area contributed by atoms with E-state index in [1.807, 2.05) is 39.0 Å². The lowest BCUT2D eigenvalue weighted by Crippen LogP contribution is -2.01. The smallest absolute Gasteiger partial charge is 0.228 e. The predicted molar refractivity (Wildman–Crippen MR) is 70.7 cm³/mol. The Morgan fingerprint density at radius 2 is 1.89 bits per heavy atom. The Bertz CT molecular complexity index is 626. The summed E-state index contributed by atoms with van der Waals surface area (Å²) in [5.41, 5.74) is 4.38. The van der Waals surface area contributed by atoms with Gasteiger partial charge in [0.1, 0.15) is 11.8 Å². The van der Waals surface area contributed by atoms with Gasteiger partial charge in [0.25, 0.3) is 0 Å². The first kappa shape index (κ1) is 12.1. The Balaban J connectivity index is 2.37. The molecule has 18 heavy (non-hydrogen) atoms. The van der Waals surface area contributed by atoms with Gasteiger partial charge in [-0.15, -0.1) is 0 Å². The lowest BCUT2D eigenvalue weighted by Gasteiger charge is -2.09. The number of rotatable bonds is 2. The van der Waals surface area contributed by atoms with E-state index in [1.54, 1.807) is 6.07 Å². The first-order valence-corrected chi connectivity index (χ1v) is 5.68. The van der Waals surface area contributed by atoms with Crippen molar-refractivity contribution in [3.63, 3.8) is 0 Å². The highest BCUT2D eigenvalue weighted by molar-refractivity contribution is 5.59. The molecule has 0 spiro atoms. The fourth-order valence-corrected chi connectivity index (χ4v) is 1.67. The van der Waals surface area contributed by atoms with E-state index >= 15 is 0 Å². The number of aryl methyl sites for hydroxylation is 3. The summed E-state index contributed by atoms with van der Waals surface area (Å²) in [6, 6.07) is 9.82. The molecule has 0 bridgehead atoms. The maximum absolute atomic E-state index is 8.88. The average Bonchev–Trinajstić information content (AvgIpc) is 2.33. The van der Waals surface area contributed by atoms with Gasteiger partial charge in [-0.2, -0.15) is 5.26 Å². The molecular weight excluding hydrogens is 224 g/mol. The molecule has 0 aliphatic heterocycles.